The lowest BCUT2D eigenvalue weighted by atomic mass is 10.0. The molecule has 2 N–H and O–H groups in total. The smallest absolute Gasteiger partial charge is 0.306 e. The molecular formula is C14H9Br2ClN2O. The van der Waals surface area contributed by atoms with Crippen molar-refractivity contribution in [3.05, 3.63) is 67.5 Å². The minimum absolute atomic E-state index is 0.0154. The van der Waals surface area contributed by atoms with Crippen LogP contribution in [-0.2, 0) is 0 Å². The van der Waals surface area contributed by atoms with Gasteiger partial charge in [-0.25, -0.2) is 4.79 Å². The van der Waals surface area contributed by atoms with E-state index in [0.717, 1.165) is 26.6 Å². The Balaban J connectivity index is 2.09. The van der Waals surface area contributed by atoms with Gasteiger partial charge in [0.1, 0.15) is 0 Å². The van der Waals surface area contributed by atoms with Crippen molar-refractivity contribution in [1.29, 1.82) is 0 Å². The molecule has 0 bridgehead atoms. The molecule has 6 heteroatoms. The molecule has 3 rings (SSSR count). The highest BCUT2D eigenvalue weighted by atomic mass is 79.9. The van der Waals surface area contributed by atoms with Gasteiger partial charge < -0.3 is 9.97 Å². The molecule has 0 spiro atoms. The van der Waals surface area contributed by atoms with Crippen LogP contribution in [0, 0.1) is 0 Å². The average molecular weight is 416 g/mol. The van der Waals surface area contributed by atoms with Gasteiger partial charge in [-0.15, -0.1) is 0 Å². The number of aromatic nitrogens is 2. The van der Waals surface area contributed by atoms with Crippen molar-refractivity contribution in [2.75, 3.05) is 0 Å². The fourth-order valence-corrected chi connectivity index (χ4v) is 3.72. The van der Waals surface area contributed by atoms with Gasteiger partial charge in [0.15, 0.2) is 0 Å². The maximum Gasteiger partial charge on any atom is 0.323 e. The molecule has 0 saturated heterocycles. The summed E-state index contributed by atoms with van der Waals surface area (Å²) < 4.78 is 0.978. The van der Waals surface area contributed by atoms with Crippen molar-refractivity contribution >= 4 is 54.5 Å². The van der Waals surface area contributed by atoms with Crippen molar-refractivity contribution in [2.45, 2.75) is 4.83 Å². The number of hydrogen-bond acceptors (Lipinski definition) is 1. The Hall–Kier alpha value is -1.04. The molecule has 0 radical (unpaired) electrons. The van der Waals surface area contributed by atoms with Crippen LogP contribution in [0.2, 0.25) is 5.02 Å². The molecule has 0 fully saturated rings. The molecule has 3 nitrogen and oxygen atoms in total. The topological polar surface area (TPSA) is 48.6 Å². The molecule has 0 aliphatic heterocycles. The number of imidazole rings is 1. The maximum absolute atomic E-state index is 11.3. The van der Waals surface area contributed by atoms with Crippen LogP contribution in [0.3, 0.4) is 0 Å². The van der Waals surface area contributed by atoms with Crippen LogP contribution in [0.15, 0.2) is 45.7 Å². The first-order valence-corrected chi connectivity index (χ1v) is 7.94. The lowest BCUT2D eigenvalue weighted by Gasteiger charge is -2.13. The van der Waals surface area contributed by atoms with Crippen LogP contribution in [0.4, 0.5) is 0 Å². The van der Waals surface area contributed by atoms with Gasteiger partial charge in [-0.2, -0.15) is 0 Å². The Morgan fingerprint density at radius 3 is 2.60 bits per heavy atom. The Labute approximate surface area is 136 Å². The normalized spacial score (nSPS) is 12.8. The van der Waals surface area contributed by atoms with Gasteiger partial charge in [-0.05, 0) is 41.5 Å². The van der Waals surface area contributed by atoms with Crippen molar-refractivity contribution < 1.29 is 0 Å². The van der Waals surface area contributed by atoms with Crippen LogP contribution in [0.1, 0.15) is 16.0 Å². The summed E-state index contributed by atoms with van der Waals surface area (Å²) in [6, 6.07) is 11.5. The molecule has 0 saturated carbocycles. The number of hydrogen-bond donors (Lipinski definition) is 2. The van der Waals surface area contributed by atoms with E-state index in [1.807, 2.05) is 36.4 Å². The summed E-state index contributed by atoms with van der Waals surface area (Å²) in [4.78, 5) is 16.8. The van der Waals surface area contributed by atoms with Crippen molar-refractivity contribution in [3.63, 3.8) is 0 Å². The van der Waals surface area contributed by atoms with Crippen molar-refractivity contribution in [3.8, 4) is 0 Å². The lowest BCUT2D eigenvalue weighted by Crippen LogP contribution is -1.99. The third-order valence-electron chi connectivity index (χ3n) is 3.06. The first kappa shape index (κ1) is 13.9. The molecule has 2 aromatic carbocycles. The molecule has 20 heavy (non-hydrogen) atoms. The highest BCUT2D eigenvalue weighted by Crippen LogP contribution is 2.37. The Kier molecular flexibility index (Phi) is 3.75. The van der Waals surface area contributed by atoms with Gasteiger partial charge in [0.2, 0.25) is 0 Å². The molecule has 0 aliphatic rings. The molecule has 0 aliphatic carbocycles. The quantitative estimate of drug-likeness (QED) is 0.582. The van der Waals surface area contributed by atoms with Gasteiger partial charge in [-0.3, -0.25) is 0 Å². The molecule has 1 atom stereocenters. The standard InChI is InChI=1S/C14H9Br2ClN2O/c15-10-3-2-8(17)6-9(10)13(16)7-1-4-11-12(5-7)19-14(20)18-11/h1-6,13H,(H2,18,19,20). The predicted octanol–water partition coefficient (Wildman–Crippen LogP) is 4.76. The van der Waals surface area contributed by atoms with Crippen LogP contribution >= 0.6 is 43.5 Å². The molecule has 1 heterocycles. The number of fused-ring (bicyclic) bond motifs is 1. The summed E-state index contributed by atoms with van der Waals surface area (Å²) in [6.07, 6.45) is 0. The molecule has 102 valence electrons. The SMILES string of the molecule is O=c1[nH]c2ccc(C(Br)c3cc(Cl)ccc3Br)cc2[nH]1. The van der Waals surface area contributed by atoms with E-state index < -0.39 is 0 Å². The third kappa shape index (κ3) is 2.57. The number of aromatic amines is 2. The zero-order chi connectivity index (χ0) is 14.3. The van der Waals surface area contributed by atoms with E-state index in [-0.39, 0.29) is 10.5 Å². The monoisotopic (exact) mass is 414 g/mol. The van der Waals surface area contributed by atoms with Gasteiger partial charge >= 0.3 is 5.69 Å². The highest BCUT2D eigenvalue weighted by Gasteiger charge is 2.15. The largest absolute Gasteiger partial charge is 0.323 e. The van der Waals surface area contributed by atoms with Crippen LogP contribution in [0.5, 0.6) is 0 Å². The second kappa shape index (κ2) is 5.39. The fraction of sp³-hybridized carbons (Fsp3) is 0.0714. The second-order valence-electron chi connectivity index (χ2n) is 4.41. The molecule has 1 unspecified atom stereocenters. The minimum Gasteiger partial charge on any atom is -0.306 e. The maximum atomic E-state index is 11.3. The highest BCUT2D eigenvalue weighted by molar-refractivity contribution is 9.11. The summed E-state index contributed by atoms with van der Waals surface area (Å²) in [5.74, 6) is 0. The summed E-state index contributed by atoms with van der Waals surface area (Å²) in [5, 5.41) is 0.684. The third-order valence-corrected chi connectivity index (χ3v) is 5.04. The number of halogens is 3. The van der Waals surface area contributed by atoms with E-state index in [9.17, 15) is 4.79 Å². The first-order chi connectivity index (χ1) is 9.54. The summed E-state index contributed by atoms with van der Waals surface area (Å²) in [5.41, 5.74) is 3.45. The first-order valence-electron chi connectivity index (χ1n) is 5.85. The molecule has 1 aromatic heterocycles. The van der Waals surface area contributed by atoms with E-state index in [1.54, 1.807) is 0 Å². The zero-order valence-corrected chi connectivity index (χ0v) is 14.0. The lowest BCUT2D eigenvalue weighted by molar-refractivity contribution is 1.17. The summed E-state index contributed by atoms with van der Waals surface area (Å²) in [7, 11) is 0. The number of alkyl halides is 1. The summed E-state index contributed by atoms with van der Waals surface area (Å²) >= 11 is 13.3. The Bertz CT molecular complexity index is 841. The Morgan fingerprint density at radius 2 is 1.80 bits per heavy atom. The van der Waals surface area contributed by atoms with Crippen LogP contribution in [0.25, 0.3) is 11.0 Å². The van der Waals surface area contributed by atoms with Gasteiger partial charge in [0, 0.05) is 9.50 Å². The second-order valence-corrected chi connectivity index (χ2v) is 6.62. The van der Waals surface area contributed by atoms with Gasteiger partial charge in [0.25, 0.3) is 0 Å². The number of nitrogens with one attached hydrogen (secondary N) is 2. The fourth-order valence-electron chi connectivity index (χ4n) is 2.10. The van der Waals surface area contributed by atoms with E-state index >= 15 is 0 Å². The van der Waals surface area contributed by atoms with Crippen LogP contribution < -0.4 is 5.69 Å². The van der Waals surface area contributed by atoms with Gasteiger partial charge in [0.05, 0.1) is 15.9 Å². The number of rotatable bonds is 2. The van der Waals surface area contributed by atoms with E-state index in [2.05, 4.69) is 41.8 Å². The van der Waals surface area contributed by atoms with Crippen molar-refractivity contribution in [1.82, 2.24) is 9.97 Å². The summed E-state index contributed by atoms with van der Waals surface area (Å²) in [6.45, 7) is 0. The Morgan fingerprint density at radius 1 is 1.05 bits per heavy atom. The molecule has 3 aromatic rings. The van der Waals surface area contributed by atoms with Gasteiger partial charge in [-0.1, -0.05) is 49.5 Å². The molecule has 0 amide bonds. The van der Waals surface area contributed by atoms with E-state index in [4.69, 9.17) is 11.6 Å². The van der Waals surface area contributed by atoms with Crippen molar-refractivity contribution in [2.24, 2.45) is 0 Å². The number of H-pyrrole nitrogens is 2. The average Bonchev–Trinajstić information content (AvgIpc) is 2.79. The number of benzene rings is 2. The zero-order valence-electron chi connectivity index (χ0n) is 10.1. The predicted molar refractivity (Wildman–Crippen MR) is 88.8 cm³/mol. The van der Waals surface area contributed by atoms with E-state index in [1.165, 1.54) is 0 Å². The van der Waals surface area contributed by atoms with Crippen LogP contribution in [-0.4, -0.2) is 9.97 Å². The minimum atomic E-state index is -0.202. The molecular weight excluding hydrogens is 407 g/mol. The van der Waals surface area contributed by atoms with E-state index in [0.29, 0.717) is 5.02 Å².